The van der Waals surface area contributed by atoms with Gasteiger partial charge in [-0.15, -0.1) is 0 Å². The molecule has 1 atom stereocenters. The van der Waals surface area contributed by atoms with Gasteiger partial charge in [0.05, 0.1) is 18.7 Å². The molecule has 7 heteroatoms. The molecule has 0 spiro atoms. The highest BCUT2D eigenvalue weighted by molar-refractivity contribution is 6.01. The number of benzene rings is 2. The molecule has 7 nitrogen and oxygen atoms in total. The van der Waals surface area contributed by atoms with Crippen molar-refractivity contribution in [2.75, 3.05) is 10.6 Å². The Balaban J connectivity index is 1.36. The highest BCUT2D eigenvalue weighted by atomic mass is 16.5. The zero-order chi connectivity index (χ0) is 19.5. The molecule has 1 aliphatic heterocycles. The maximum absolute atomic E-state index is 12.3. The predicted molar refractivity (Wildman–Crippen MR) is 105 cm³/mol. The number of rotatable bonds is 5. The maximum atomic E-state index is 12.3. The Kier molecular flexibility index (Phi) is 4.80. The number of nitrogens with one attached hydrogen (secondary N) is 2. The van der Waals surface area contributed by atoms with E-state index in [1.807, 2.05) is 49.4 Å². The molecule has 0 radical (unpaired) electrons. The average Bonchev–Trinajstić information content (AvgIpc) is 3.10. The van der Waals surface area contributed by atoms with Crippen LogP contribution in [0.1, 0.15) is 17.5 Å². The lowest BCUT2D eigenvalue weighted by Crippen LogP contribution is -2.39. The summed E-state index contributed by atoms with van der Waals surface area (Å²) in [5, 5.41) is 9.85. The summed E-state index contributed by atoms with van der Waals surface area (Å²) in [5.41, 5.74) is 2.76. The number of aromatic nitrogens is 2. The molecular formula is C21H20N4O3. The first-order valence-corrected chi connectivity index (χ1v) is 9.02. The van der Waals surface area contributed by atoms with Crippen LogP contribution in [0.4, 0.5) is 11.5 Å². The molecular weight excluding hydrogens is 356 g/mol. The molecule has 1 unspecified atom stereocenters. The van der Waals surface area contributed by atoms with E-state index in [0.717, 1.165) is 11.1 Å². The van der Waals surface area contributed by atoms with Crippen molar-refractivity contribution >= 4 is 23.3 Å². The number of anilines is 2. The van der Waals surface area contributed by atoms with Gasteiger partial charge in [-0.2, -0.15) is 5.10 Å². The predicted octanol–water partition coefficient (Wildman–Crippen LogP) is 2.97. The minimum atomic E-state index is -0.874. The summed E-state index contributed by atoms with van der Waals surface area (Å²) in [5.74, 6) is 0.340. The number of ether oxygens (including phenoxy) is 1. The lowest BCUT2D eigenvalue weighted by molar-refractivity contribution is -0.128. The average molecular weight is 376 g/mol. The molecule has 0 aliphatic carbocycles. The molecule has 2 amide bonds. The summed E-state index contributed by atoms with van der Waals surface area (Å²) in [6.45, 7) is 2.55. The van der Waals surface area contributed by atoms with Crippen LogP contribution in [0, 0.1) is 6.92 Å². The highest BCUT2D eigenvalue weighted by Gasteiger charge is 2.29. The van der Waals surface area contributed by atoms with Crippen LogP contribution >= 0.6 is 0 Å². The van der Waals surface area contributed by atoms with Crippen LogP contribution in [0.2, 0.25) is 0 Å². The smallest absolute Gasteiger partial charge is 0.266 e. The summed E-state index contributed by atoms with van der Waals surface area (Å²) < 4.78 is 7.44. The second kappa shape index (κ2) is 7.56. The number of carbonyl (C=O) groups is 2. The molecule has 0 saturated carbocycles. The van der Waals surface area contributed by atoms with Crippen molar-refractivity contribution < 1.29 is 14.3 Å². The summed E-state index contributed by atoms with van der Waals surface area (Å²) in [6.07, 6.45) is 0.831. The van der Waals surface area contributed by atoms with E-state index >= 15 is 0 Å². The second-order valence-electron chi connectivity index (χ2n) is 6.73. The lowest BCUT2D eigenvalue weighted by Gasteiger charge is -2.25. The zero-order valence-electron chi connectivity index (χ0n) is 15.4. The van der Waals surface area contributed by atoms with Gasteiger partial charge in [-0.1, -0.05) is 36.4 Å². The second-order valence-corrected chi connectivity index (χ2v) is 6.73. The van der Waals surface area contributed by atoms with Crippen molar-refractivity contribution in [1.82, 2.24) is 9.78 Å². The van der Waals surface area contributed by atoms with Crippen LogP contribution in [-0.4, -0.2) is 27.7 Å². The first kappa shape index (κ1) is 17.8. The Morgan fingerprint density at radius 1 is 1.21 bits per heavy atom. The fourth-order valence-corrected chi connectivity index (χ4v) is 3.05. The summed E-state index contributed by atoms with van der Waals surface area (Å²) in [7, 11) is 0. The van der Waals surface area contributed by atoms with Gasteiger partial charge in [-0.05, 0) is 30.2 Å². The molecule has 4 rings (SSSR count). The van der Waals surface area contributed by atoms with Crippen LogP contribution in [0.5, 0.6) is 5.75 Å². The van der Waals surface area contributed by atoms with Gasteiger partial charge >= 0.3 is 0 Å². The van der Waals surface area contributed by atoms with Crippen LogP contribution in [-0.2, 0) is 16.1 Å². The number of hydrogen-bond acceptors (Lipinski definition) is 4. The van der Waals surface area contributed by atoms with E-state index in [1.54, 1.807) is 23.0 Å². The minimum absolute atomic E-state index is 0.0926. The standard InChI is InChI=1S/C21H20N4O3/c1-14-7-8-17-16(11-14)22-21(27)18(28-17)12-20(26)23-19-9-10-25(24-19)13-15-5-3-2-4-6-15/h2-11,18H,12-13H2,1H3,(H,22,27)(H,23,24,26). The molecule has 2 N–H and O–H groups in total. The molecule has 0 saturated heterocycles. The van der Waals surface area contributed by atoms with Crippen LogP contribution in [0.25, 0.3) is 0 Å². The Hall–Kier alpha value is -3.61. The maximum Gasteiger partial charge on any atom is 0.266 e. The number of fused-ring (bicyclic) bond motifs is 1. The molecule has 0 fully saturated rings. The molecule has 0 bridgehead atoms. The van der Waals surface area contributed by atoms with Crippen molar-refractivity contribution in [3.63, 3.8) is 0 Å². The number of aryl methyl sites for hydroxylation is 1. The van der Waals surface area contributed by atoms with E-state index in [0.29, 0.717) is 23.8 Å². The SMILES string of the molecule is Cc1ccc2c(c1)NC(=O)C(CC(=O)Nc1ccn(Cc3ccccc3)n1)O2. The van der Waals surface area contributed by atoms with Crippen molar-refractivity contribution in [3.8, 4) is 5.75 Å². The van der Waals surface area contributed by atoms with E-state index in [4.69, 9.17) is 4.74 Å². The van der Waals surface area contributed by atoms with Crippen molar-refractivity contribution in [2.24, 2.45) is 0 Å². The van der Waals surface area contributed by atoms with E-state index in [1.165, 1.54) is 0 Å². The molecule has 2 aromatic carbocycles. The molecule has 1 aromatic heterocycles. The van der Waals surface area contributed by atoms with Gasteiger partial charge in [0.1, 0.15) is 5.75 Å². The van der Waals surface area contributed by atoms with E-state index in [2.05, 4.69) is 15.7 Å². The Morgan fingerprint density at radius 3 is 2.86 bits per heavy atom. The van der Waals surface area contributed by atoms with E-state index in [9.17, 15) is 9.59 Å². The quantitative estimate of drug-likeness (QED) is 0.717. The van der Waals surface area contributed by atoms with Crippen molar-refractivity contribution in [2.45, 2.75) is 26.0 Å². The third-order valence-electron chi connectivity index (χ3n) is 4.42. The topological polar surface area (TPSA) is 85.3 Å². The fraction of sp³-hybridized carbons (Fsp3) is 0.190. The van der Waals surface area contributed by atoms with Gasteiger partial charge in [-0.3, -0.25) is 14.3 Å². The number of carbonyl (C=O) groups excluding carboxylic acids is 2. The molecule has 142 valence electrons. The monoisotopic (exact) mass is 376 g/mol. The van der Waals surface area contributed by atoms with Gasteiger partial charge in [0.15, 0.2) is 11.9 Å². The molecule has 3 aromatic rings. The lowest BCUT2D eigenvalue weighted by atomic mass is 10.1. The number of hydrogen-bond donors (Lipinski definition) is 2. The van der Waals surface area contributed by atoms with Gasteiger partial charge < -0.3 is 15.4 Å². The molecule has 2 heterocycles. The summed E-state index contributed by atoms with van der Waals surface area (Å²) in [6, 6.07) is 17.2. The third kappa shape index (κ3) is 4.03. The van der Waals surface area contributed by atoms with Gasteiger partial charge in [0, 0.05) is 12.3 Å². The summed E-state index contributed by atoms with van der Waals surface area (Å²) >= 11 is 0. The van der Waals surface area contributed by atoms with Crippen molar-refractivity contribution in [1.29, 1.82) is 0 Å². The fourth-order valence-electron chi connectivity index (χ4n) is 3.05. The molecule has 28 heavy (non-hydrogen) atoms. The van der Waals surface area contributed by atoms with Crippen LogP contribution in [0.15, 0.2) is 60.8 Å². The zero-order valence-corrected chi connectivity index (χ0v) is 15.4. The van der Waals surface area contributed by atoms with E-state index in [-0.39, 0.29) is 18.2 Å². The Bertz CT molecular complexity index is 1010. The highest BCUT2D eigenvalue weighted by Crippen LogP contribution is 2.31. The van der Waals surface area contributed by atoms with Crippen LogP contribution < -0.4 is 15.4 Å². The van der Waals surface area contributed by atoms with Gasteiger partial charge in [-0.25, -0.2) is 0 Å². The first-order valence-electron chi connectivity index (χ1n) is 9.02. The number of amides is 2. The van der Waals surface area contributed by atoms with Gasteiger partial charge in [0.25, 0.3) is 5.91 Å². The third-order valence-corrected chi connectivity index (χ3v) is 4.42. The van der Waals surface area contributed by atoms with Gasteiger partial charge in [0.2, 0.25) is 5.91 Å². The normalized spacial score (nSPS) is 15.3. The first-order chi connectivity index (χ1) is 13.6. The van der Waals surface area contributed by atoms with E-state index < -0.39 is 6.10 Å². The summed E-state index contributed by atoms with van der Waals surface area (Å²) in [4.78, 5) is 24.6. The largest absolute Gasteiger partial charge is 0.478 e. The number of nitrogens with zero attached hydrogens (tertiary/aromatic N) is 2. The van der Waals surface area contributed by atoms with Crippen molar-refractivity contribution in [3.05, 3.63) is 71.9 Å². The Labute approximate surface area is 162 Å². The van der Waals surface area contributed by atoms with Crippen LogP contribution in [0.3, 0.4) is 0 Å². The Morgan fingerprint density at radius 2 is 2.04 bits per heavy atom. The molecule has 1 aliphatic rings. The minimum Gasteiger partial charge on any atom is -0.478 e.